The molecule has 1 saturated heterocycles. The highest BCUT2D eigenvalue weighted by Gasteiger charge is 2.43. The minimum atomic E-state index is -0.576. The van der Waals surface area contributed by atoms with E-state index in [0.29, 0.717) is 6.54 Å². The normalized spacial score (nSPS) is 23.6. The Morgan fingerprint density at radius 2 is 2.00 bits per heavy atom. The van der Waals surface area contributed by atoms with Crippen molar-refractivity contribution in [3.8, 4) is 0 Å². The third kappa shape index (κ3) is 3.14. The van der Waals surface area contributed by atoms with Crippen LogP contribution in [0.15, 0.2) is 12.2 Å². The van der Waals surface area contributed by atoms with Crippen LogP contribution in [0.2, 0.25) is 0 Å². The van der Waals surface area contributed by atoms with Crippen molar-refractivity contribution in [2.75, 3.05) is 13.7 Å². The van der Waals surface area contributed by atoms with Crippen LogP contribution in [-0.4, -0.2) is 42.1 Å². The number of carbonyl (C=O) groups excluding carboxylic acids is 2. The summed E-state index contributed by atoms with van der Waals surface area (Å²) in [6, 6.07) is -0.570. The minimum absolute atomic E-state index is 0.00317. The molecule has 5 heteroatoms. The zero-order valence-corrected chi connectivity index (χ0v) is 13.2. The van der Waals surface area contributed by atoms with Crippen LogP contribution in [0, 0.1) is 5.92 Å². The number of hydrogen-bond donors (Lipinski definition) is 1. The molecular weight excluding hydrogens is 256 g/mol. The second-order valence-electron chi connectivity index (χ2n) is 6.01. The number of nitrogens with one attached hydrogen (secondary N) is 1. The van der Waals surface area contributed by atoms with Crippen LogP contribution in [0.5, 0.6) is 0 Å². The fourth-order valence-electron chi connectivity index (χ4n) is 2.63. The van der Waals surface area contributed by atoms with Crippen molar-refractivity contribution in [1.29, 1.82) is 0 Å². The molecule has 1 heterocycles. The lowest BCUT2D eigenvalue weighted by Gasteiger charge is -2.38. The molecule has 2 amide bonds. The van der Waals surface area contributed by atoms with Gasteiger partial charge in [-0.15, -0.1) is 0 Å². The summed E-state index contributed by atoms with van der Waals surface area (Å²) in [4.78, 5) is 26.0. The lowest BCUT2D eigenvalue weighted by atomic mass is 9.90. The Hall–Kier alpha value is -1.52. The van der Waals surface area contributed by atoms with Gasteiger partial charge in [0.05, 0.1) is 12.6 Å². The number of rotatable bonds is 4. The van der Waals surface area contributed by atoms with Crippen molar-refractivity contribution < 1.29 is 14.3 Å². The Labute approximate surface area is 121 Å². The molecule has 114 valence electrons. The highest BCUT2D eigenvalue weighted by atomic mass is 16.5. The zero-order valence-electron chi connectivity index (χ0n) is 13.2. The fourth-order valence-corrected chi connectivity index (χ4v) is 2.63. The minimum Gasteiger partial charge on any atom is -0.453 e. The van der Waals surface area contributed by atoms with Crippen molar-refractivity contribution >= 4 is 12.0 Å². The van der Waals surface area contributed by atoms with E-state index in [2.05, 4.69) is 16.6 Å². The average Bonchev–Trinajstić information content (AvgIpc) is 2.78. The van der Waals surface area contributed by atoms with Gasteiger partial charge in [0.2, 0.25) is 5.91 Å². The van der Waals surface area contributed by atoms with E-state index < -0.39 is 12.1 Å². The maximum Gasteiger partial charge on any atom is 0.407 e. The molecule has 0 aromatic carbocycles. The maximum absolute atomic E-state index is 12.8. The highest BCUT2D eigenvalue weighted by Crippen LogP contribution is 2.35. The van der Waals surface area contributed by atoms with Gasteiger partial charge in [-0.3, -0.25) is 4.79 Å². The molecule has 0 bridgehead atoms. The molecule has 5 nitrogen and oxygen atoms in total. The van der Waals surface area contributed by atoms with Crippen LogP contribution in [0.4, 0.5) is 4.79 Å². The molecule has 1 rings (SSSR count). The molecule has 0 saturated carbocycles. The van der Waals surface area contributed by atoms with Crippen molar-refractivity contribution in [2.24, 2.45) is 5.92 Å². The summed E-state index contributed by atoms with van der Waals surface area (Å²) in [5, 5.41) is 2.64. The topological polar surface area (TPSA) is 58.6 Å². The lowest BCUT2D eigenvalue weighted by molar-refractivity contribution is -0.137. The van der Waals surface area contributed by atoms with Gasteiger partial charge in [-0.1, -0.05) is 26.0 Å². The quantitative estimate of drug-likeness (QED) is 0.805. The van der Waals surface area contributed by atoms with Gasteiger partial charge >= 0.3 is 6.09 Å². The number of nitrogens with zero attached hydrogens (tertiary/aromatic N) is 1. The van der Waals surface area contributed by atoms with Crippen LogP contribution >= 0.6 is 0 Å². The Morgan fingerprint density at radius 3 is 2.45 bits per heavy atom. The Bertz CT molecular complexity index is 406. The number of likely N-dealkylation sites (tertiary alicyclic amines) is 1. The molecule has 1 N–H and O–H groups in total. The van der Waals surface area contributed by atoms with Gasteiger partial charge in [-0.05, 0) is 32.6 Å². The molecule has 0 unspecified atom stereocenters. The van der Waals surface area contributed by atoms with Crippen LogP contribution in [0.3, 0.4) is 0 Å². The molecule has 20 heavy (non-hydrogen) atoms. The van der Waals surface area contributed by atoms with Gasteiger partial charge in [0.1, 0.15) is 6.04 Å². The number of ether oxygens (including phenoxy) is 1. The van der Waals surface area contributed by atoms with Crippen molar-refractivity contribution in [2.45, 2.75) is 52.1 Å². The predicted molar refractivity (Wildman–Crippen MR) is 78.3 cm³/mol. The summed E-state index contributed by atoms with van der Waals surface area (Å²) in [7, 11) is 1.30. The summed E-state index contributed by atoms with van der Waals surface area (Å²) in [6.45, 7) is 12.5. The van der Waals surface area contributed by atoms with Crippen LogP contribution < -0.4 is 5.32 Å². The third-order valence-corrected chi connectivity index (χ3v) is 4.22. The molecule has 1 fully saturated rings. The number of methoxy groups -OCH3 is 1. The SMILES string of the molecule is C=C(C)[C@]1(C)CCCN1C(=O)[C@@H](NC(=O)OC)C(C)C. The maximum atomic E-state index is 12.8. The van der Waals surface area contributed by atoms with Gasteiger partial charge < -0.3 is 15.0 Å². The molecule has 0 aromatic rings. The van der Waals surface area contributed by atoms with Crippen molar-refractivity contribution in [3.63, 3.8) is 0 Å². The highest BCUT2D eigenvalue weighted by molar-refractivity contribution is 5.87. The largest absolute Gasteiger partial charge is 0.453 e. The lowest BCUT2D eigenvalue weighted by Crippen LogP contribution is -2.56. The second kappa shape index (κ2) is 6.29. The first-order chi connectivity index (χ1) is 9.24. The third-order valence-electron chi connectivity index (χ3n) is 4.22. The Balaban J connectivity index is 2.95. The smallest absolute Gasteiger partial charge is 0.407 e. The number of carbonyl (C=O) groups is 2. The summed E-state index contributed by atoms with van der Waals surface area (Å²) >= 11 is 0. The summed E-state index contributed by atoms with van der Waals surface area (Å²) < 4.78 is 4.60. The van der Waals surface area contributed by atoms with Gasteiger partial charge in [0, 0.05) is 6.54 Å². The first kappa shape index (κ1) is 16.5. The van der Waals surface area contributed by atoms with Gasteiger partial charge in [0.25, 0.3) is 0 Å². The van der Waals surface area contributed by atoms with E-state index in [4.69, 9.17) is 0 Å². The van der Waals surface area contributed by atoms with E-state index in [1.54, 1.807) is 0 Å². The first-order valence-electron chi connectivity index (χ1n) is 7.06. The van der Waals surface area contributed by atoms with Crippen molar-refractivity contribution in [1.82, 2.24) is 10.2 Å². The van der Waals surface area contributed by atoms with Gasteiger partial charge in [-0.2, -0.15) is 0 Å². The molecule has 1 aliphatic heterocycles. The van der Waals surface area contributed by atoms with Gasteiger partial charge in [0.15, 0.2) is 0 Å². The molecule has 0 aromatic heterocycles. The molecule has 0 radical (unpaired) electrons. The predicted octanol–water partition coefficient (Wildman–Crippen LogP) is 2.32. The number of hydrogen-bond acceptors (Lipinski definition) is 3. The summed E-state index contributed by atoms with van der Waals surface area (Å²) in [5.74, 6) is -0.0648. The number of alkyl carbamates (subject to hydrolysis) is 1. The monoisotopic (exact) mass is 282 g/mol. The molecule has 1 aliphatic rings. The first-order valence-corrected chi connectivity index (χ1v) is 7.06. The Morgan fingerprint density at radius 1 is 1.40 bits per heavy atom. The van der Waals surface area contributed by atoms with E-state index >= 15 is 0 Å². The molecule has 0 aliphatic carbocycles. The summed E-state index contributed by atoms with van der Waals surface area (Å²) in [5.41, 5.74) is 0.658. The van der Waals surface area contributed by atoms with E-state index in [0.717, 1.165) is 18.4 Å². The van der Waals surface area contributed by atoms with E-state index in [1.165, 1.54) is 7.11 Å². The van der Waals surface area contributed by atoms with E-state index in [-0.39, 0.29) is 17.4 Å². The van der Waals surface area contributed by atoms with Crippen molar-refractivity contribution in [3.05, 3.63) is 12.2 Å². The Kier molecular flexibility index (Phi) is 5.20. The summed E-state index contributed by atoms with van der Waals surface area (Å²) in [6.07, 6.45) is 1.29. The van der Waals surface area contributed by atoms with Crippen LogP contribution in [-0.2, 0) is 9.53 Å². The second-order valence-corrected chi connectivity index (χ2v) is 6.01. The number of amides is 2. The standard InChI is InChI=1S/C15H26N2O3/c1-10(2)12(16-14(19)20-6)13(18)17-9-7-8-15(17,5)11(3)4/h10,12H,3,7-9H2,1-2,4-6H3,(H,16,19)/t12-,15-/m0/s1. The fraction of sp³-hybridized carbons (Fsp3) is 0.733. The van der Waals surface area contributed by atoms with E-state index in [9.17, 15) is 9.59 Å². The molecule has 0 spiro atoms. The van der Waals surface area contributed by atoms with Crippen LogP contribution in [0.25, 0.3) is 0 Å². The van der Waals surface area contributed by atoms with E-state index in [1.807, 2.05) is 32.6 Å². The zero-order chi connectivity index (χ0) is 15.5. The van der Waals surface area contributed by atoms with Gasteiger partial charge in [-0.25, -0.2) is 4.79 Å². The molecular formula is C15H26N2O3. The van der Waals surface area contributed by atoms with Crippen LogP contribution in [0.1, 0.15) is 40.5 Å². The molecule has 2 atom stereocenters. The average molecular weight is 282 g/mol.